The van der Waals surface area contributed by atoms with Gasteiger partial charge in [-0.3, -0.25) is 4.98 Å². The SMILES string of the molecule is CC(C)c1cc(-c2ccccc2)cc(C(C)C)c1-n1c(-c2[c-]ccc3c2[Si](C)(C)Oc2cc(C#N)ccc2-3)nc2ccccc21.[2H]C([2H])([2H])c1c[c-]c(-c2ccc(C([2H])([2H])[2H])cn2)cc1.[Ir]. The summed E-state index contributed by atoms with van der Waals surface area (Å²) in [6.07, 6.45) is 1.30. The standard InChI is InChI=1S/C40H36N3OSi.C13H12N.Ir/c1-25(2)33-22-29(28-13-8-7-9-14-28)23-34(26(3)4)38(33)43-36-18-11-10-17-35(36)42-40(43)32-16-12-15-31-30-20-19-27(24-41)21-37(30)44-45(5,6)39(31)32;1-10-3-6-12(7-4-10)13-8-5-11(2)9-14-13;/h7-15,17-23,25-26H,1-6H3;3-6,8-9H,1-2H3;/q2*-1;/i;1D3,2D3;. The van der Waals surface area contributed by atoms with Crippen LogP contribution in [0.25, 0.3) is 61.6 Å². The number of pyridine rings is 1. The zero-order chi connectivity index (χ0) is 46.4. The van der Waals surface area contributed by atoms with Gasteiger partial charge in [-0.1, -0.05) is 106 Å². The van der Waals surface area contributed by atoms with Gasteiger partial charge in [-0.25, -0.2) is 0 Å². The zero-order valence-corrected chi connectivity index (χ0v) is 37.8. The first-order chi connectivity index (χ1) is 30.9. The monoisotopic (exact) mass is 983 g/mol. The van der Waals surface area contributed by atoms with Gasteiger partial charge in [0.1, 0.15) is 5.75 Å². The Balaban J connectivity index is 0.000000260. The predicted molar refractivity (Wildman–Crippen MR) is 245 cm³/mol. The van der Waals surface area contributed by atoms with Crippen molar-refractivity contribution in [1.82, 2.24) is 14.5 Å². The number of fused-ring (bicyclic) bond motifs is 4. The van der Waals surface area contributed by atoms with Crippen molar-refractivity contribution in [2.75, 3.05) is 0 Å². The summed E-state index contributed by atoms with van der Waals surface area (Å²) in [5.74, 6) is 2.22. The molecule has 0 saturated carbocycles. The van der Waals surface area contributed by atoms with Gasteiger partial charge in [0.2, 0.25) is 8.32 Å². The fourth-order valence-electron chi connectivity index (χ4n) is 7.92. The Bertz CT molecular complexity index is 3000. The molecule has 301 valence electrons. The summed E-state index contributed by atoms with van der Waals surface area (Å²) in [6.45, 7) is 9.24. The van der Waals surface area contributed by atoms with Gasteiger partial charge in [0.05, 0.1) is 28.5 Å². The molecule has 0 amide bonds. The number of rotatable bonds is 6. The molecule has 3 heterocycles. The molecular weight excluding hydrogens is 929 g/mol. The second-order valence-corrected chi connectivity index (χ2v) is 19.7. The molecule has 0 spiro atoms. The molecule has 1 aliphatic rings. The summed E-state index contributed by atoms with van der Waals surface area (Å²) in [5, 5.41) is 10.7. The van der Waals surface area contributed by atoms with Gasteiger partial charge in [-0.15, -0.1) is 59.2 Å². The number of benzene rings is 6. The first kappa shape index (κ1) is 34.9. The van der Waals surface area contributed by atoms with Crippen LogP contribution in [0.15, 0.2) is 134 Å². The van der Waals surface area contributed by atoms with Crippen molar-refractivity contribution in [3.05, 3.63) is 174 Å². The smallest absolute Gasteiger partial charge is 0.231 e. The molecule has 0 bridgehead atoms. The van der Waals surface area contributed by atoms with Crippen LogP contribution < -0.4 is 9.61 Å². The van der Waals surface area contributed by atoms with Crippen LogP contribution in [-0.2, 0) is 20.1 Å². The largest absolute Gasteiger partial charge is 0.547 e. The Morgan fingerprint density at radius 1 is 0.767 bits per heavy atom. The van der Waals surface area contributed by atoms with Crippen LogP contribution >= 0.6 is 0 Å². The number of aromatic nitrogens is 3. The van der Waals surface area contributed by atoms with Crippen molar-refractivity contribution >= 4 is 24.5 Å². The van der Waals surface area contributed by atoms with Crippen molar-refractivity contribution in [1.29, 1.82) is 5.26 Å². The fraction of sp³-hybridized carbons (Fsp3) is 0.189. The van der Waals surface area contributed by atoms with Gasteiger partial charge >= 0.3 is 0 Å². The van der Waals surface area contributed by atoms with E-state index in [9.17, 15) is 5.26 Å². The molecule has 5 nitrogen and oxygen atoms in total. The minimum absolute atomic E-state index is 0. The van der Waals surface area contributed by atoms with E-state index >= 15 is 0 Å². The van der Waals surface area contributed by atoms with Gasteiger partial charge < -0.3 is 14.0 Å². The third kappa shape index (κ3) is 8.16. The maximum absolute atomic E-state index is 9.56. The summed E-state index contributed by atoms with van der Waals surface area (Å²) in [5.41, 5.74) is 13.5. The first-order valence-corrected chi connectivity index (χ1v) is 22.8. The second-order valence-electron chi connectivity index (χ2n) is 15.9. The average Bonchev–Trinajstić information content (AvgIpc) is 3.67. The fourth-order valence-corrected chi connectivity index (χ4v) is 10.4. The van der Waals surface area contributed by atoms with E-state index < -0.39 is 22.0 Å². The zero-order valence-electron chi connectivity index (χ0n) is 40.4. The summed E-state index contributed by atoms with van der Waals surface area (Å²) >= 11 is 0. The van der Waals surface area contributed by atoms with E-state index in [1.165, 1.54) is 57.5 Å². The minimum atomic E-state index is -2.52. The Morgan fingerprint density at radius 3 is 2.13 bits per heavy atom. The molecule has 0 N–H and O–H groups in total. The number of para-hydroxylation sites is 2. The Hall–Kier alpha value is -5.90. The number of imidazole rings is 1. The topological polar surface area (TPSA) is 63.7 Å². The van der Waals surface area contributed by atoms with Crippen LogP contribution in [0, 0.1) is 37.2 Å². The van der Waals surface area contributed by atoms with E-state index in [4.69, 9.17) is 17.6 Å². The van der Waals surface area contributed by atoms with Crippen molar-refractivity contribution in [2.24, 2.45) is 0 Å². The van der Waals surface area contributed by atoms with E-state index in [0.29, 0.717) is 16.8 Å². The summed E-state index contributed by atoms with van der Waals surface area (Å²) < 4.78 is 52.8. The number of nitrogens with zero attached hydrogens (tertiary/aromatic N) is 4. The quantitative estimate of drug-likeness (QED) is 0.123. The van der Waals surface area contributed by atoms with E-state index in [0.717, 1.165) is 39.3 Å². The molecule has 0 saturated heterocycles. The summed E-state index contributed by atoms with van der Waals surface area (Å²) in [6, 6.07) is 50.1. The minimum Gasteiger partial charge on any atom is -0.547 e. The van der Waals surface area contributed by atoms with Gasteiger partial charge in [-0.2, -0.15) is 5.26 Å². The van der Waals surface area contributed by atoms with Crippen LogP contribution in [0.4, 0.5) is 0 Å². The number of hydrogen-bond acceptors (Lipinski definition) is 4. The summed E-state index contributed by atoms with van der Waals surface area (Å²) in [4.78, 5) is 9.43. The normalized spacial score (nSPS) is 14.3. The molecule has 9 rings (SSSR count). The summed E-state index contributed by atoms with van der Waals surface area (Å²) in [7, 11) is -2.52. The molecule has 60 heavy (non-hydrogen) atoms. The van der Waals surface area contributed by atoms with Gasteiger partial charge in [0, 0.05) is 45.8 Å². The Kier molecular flexibility index (Phi) is 10.1. The Labute approximate surface area is 377 Å². The van der Waals surface area contributed by atoms with Crippen molar-refractivity contribution in [3.63, 3.8) is 0 Å². The molecule has 8 aromatic rings. The molecule has 0 fully saturated rings. The van der Waals surface area contributed by atoms with Gasteiger partial charge in [0.15, 0.2) is 0 Å². The average molecular weight is 983 g/mol. The Morgan fingerprint density at radius 2 is 1.48 bits per heavy atom. The second kappa shape index (κ2) is 17.4. The molecule has 1 aliphatic heterocycles. The van der Waals surface area contributed by atoms with E-state index in [2.05, 4.69) is 141 Å². The van der Waals surface area contributed by atoms with Crippen LogP contribution in [0.5, 0.6) is 5.75 Å². The van der Waals surface area contributed by atoms with E-state index in [-0.39, 0.29) is 43.1 Å². The molecule has 0 unspecified atom stereocenters. The van der Waals surface area contributed by atoms with Crippen molar-refractivity contribution < 1.29 is 32.8 Å². The predicted octanol–water partition coefficient (Wildman–Crippen LogP) is 12.9. The van der Waals surface area contributed by atoms with Gasteiger partial charge in [0.25, 0.3) is 0 Å². The van der Waals surface area contributed by atoms with Crippen LogP contribution in [0.3, 0.4) is 0 Å². The van der Waals surface area contributed by atoms with Gasteiger partial charge in [-0.05, 0) is 102 Å². The molecule has 1 radical (unpaired) electrons. The third-order valence-electron chi connectivity index (χ3n) is 10.7. The number of hydrogen-bond donors (Lipinski definition) is 0. The number of nitriles is 1. The maximum Gasteiger partial charge on any atom is 0.231 e. The maximum atomic E-state index is 9.56. The van der Waals surface area contributed by atoms with Crippen molar-refractivity contribution in [2.45, 2.75) is 66.3 Å². The van der Waals surface area contributed by atoms with Crippen LogP contribution in [0.2, 0.25) is 13.1 Å². The van der Waals surface area contributed by atoms with Crippen molar-refractivity contribution in [3.8, 4) is 62.4 Å². The first-order valence-electron chi connectivity index (χ1n) is 22.8. The molecule has 0 atom stereocenters. The van der Waals surface area contributed by atoms with E-state index in [1.54, 1.807) is 12.1 Å². The molecule has 0 aliphatic carbocycles. The molecule has 7 heteroatoms. The van der Waals surface area contributed by atoms with Crippen LogP contribution in [0.1, 0.15) is 75.6 Å². The molecule has 2 aromatic heterocycles. The molecule has 6 aromatic carbocycles. The number of aryl methyl sites for hydroxylation is 2. The van der Waals surface area contributed by atoms with Crippen LogP contribution in [-0.4, -0.2) is 22.9 Å². The molecular formula is C53H48IrN4OSi-2. The third-order valence-corrected chi connectivity index (χ3v) is 13.2. The van der Waals surface area contributed by atoms with E-state index in [1.807, 2.05) is 24.3 Å².